The molecule has 1 heterocycles. The highest BCUT2D eigenvalue weighted by Crippen LogP contribution is 2.08. The molecular weight excluding hydrogens is 186 g/mol. The van der Waals surface area contributed by atoms with E-state index in [1.54, 1.807) is 0 Å². The van der Waals surface area contributed by atoms with Crippen LogP contribution in [0.2, 0.25) is 0 Å². The molecule has 0 atom stereocenters. The second-order valence-electron chi connectivity index (χ2n) is 2.44. The summed E-state index contributed by atoms with van der Waals surface area (Å²) in [6.07, 6.45) is 2.17. The number of rotatable bonds is 3. The molecule has 0 saturated carbocycles. The molecule has 1 rings (SSSR count). The van der Waals surface area contributed by atoms with Crippen molar-refractivity contribution in [1.29, 1.82) is 0 Å². The van der Waals surface area contributed by atoms with Crippen LogP contribution in [-0.4, -0.2) is 27.5 Å². The summed E-state index contributed by atoms with van der Waals surface area (Å²) >= 11 is 0. The third-order valence-corrected chi connectivity index (χ3v) is 1.57. The Morgan fingerprint density at radius 2 is 2.14 bits per heavy atom. The van der Waals surface area contributed by atoms with Crippen LogP contribution < -0.4 is 0 Å². The number of carbonyl (C=O) groups is 2. The summed E-state index contributed by atoms with van der Waals surface area (Å²) in [6, 6.07) is 2.65. The highest BCUT2D eigenvalue weighted by Gasteiger charge is 2.05. The maximum atomic E-state index is 10.4. The smallest absolute Gasteiger partial charge is 0.337 e. The molecule has 0 aliphatic carbocycles. The van der Waals surface area contributed by atoms with Crippen LogP contribution in [0.1, 0.15) is 16.1 Å². The molecular formula is C9H7NO4. The van der Waals surface area contributed by atoms with Gasteiger partial charge in [-0.1, -0.05) is 0 Å². The van der Waals surface area contributed by atoms with Crippen molar-refractivity contribution >= 4 is 17.8 Å². The van der Waals surface area contributed by atoms with Crippen molar-refractivity contribution in [1.82, 2.24) is 4.98 Å². The Hall–Kier alpha value is -2.17. The van der Waals surface area contributed by atoms with Crippen molar-refractivity contribution in [2.75, 3.05) is 0 Å². The minimum atomic E-state index is -1.09. The number of aldehydes is 1. The first-order valence-electron chi connectivity index (χ1n) is 3.68. The van der Waals surface area contributed by atoms with Gasteiger partial charge >= 0.3 is 5.97 Å². The molecule has 0 aliphatic rings. The molecule has 72 valence electrons. The van der Waals surface area contributed by atoms with E-state index in [0.29, 0.717) is 12.5 Å². The normalized spacial score (nSPS) is 11.0. The number of hydrogen-bond acceptors (Lipinski definition) is 4. The maximum absolute atomic E-state index is 10.4. The Labute approximate surface area is 79.3 Å². The van der Waals surface area contributed by atoms with Gasteiger partial charge in [0.2, 0.25) is 0 Å². The number of aliphatic hydroxyl groups is 1. The lowest BCUT2D eigenvalue weighted by atomic mass is 10.2. The molecule has 0 bridgehead atoms. The predicted octanol–water partition coefficient (Wildman–Crippen LogP) is 0.878. The lowest BCUT2D eigenvalue weighted by Crippen LogP contribution is -1.98. The van der Waals surface area contributed by atoms with Gasteiger partial charge in [-0.3, -0.25) is 9.78 Å². The number of aliphatic hydroxyl groups excluding tert-OH is 1. The zero-order valence-corrected chi connectivity index (χ0v) is 7.04. The number of carboxylic acids is 1. The Morgan fingerprint density at radius 1 is 1.43 bits per heavy atom. The number of pyridine rings is 1. The average Bonchev–Trinajstić information content (AvgIpc) is 2.20. The Morgan fingerprint density at radius 3 is 2.50 bits per heavy atom. The average molecular weight is 193 g/mol. The van der Waals surface area contributed by atoms with E-state index in [0.717, 1.165) is 6.20 Å². The Bertz CT molecular complexity index is 380. The van der Waals surface area contributed by atoms with Gasteiger partial charge < -0.3 is 10.2 Å². The Balaban J connectivity index is 3.05. The zero-order valence-electron chi connectivity index (χ0n) is 7.04. The second kappa shape index (κ2) is 4.18. The van der Waals surface area contributed by atoms with Crippen LogP contribution >= 0.6 is 0 Å². The largest absolute Gasteiger partial charge is 0.515 e. The van der Waals surface area contributed by atoms with Crippen LogP contribution in [0.15, 0.2) is 24.6 Å². The molecule has 0 aliphatic heterocycles. The fraction of sp³-hybridized carbons (Fsp3) is 0. The van der Waals surface area contributed by atoms with Crippen molar-refractivity contribution in [2.45, 2.75) is 0 Å². The second-order valence-corrected chi connectivity index (χ2v) is 2.44. The highest BCUT2D eigenvalue weighted by molar-refractivity contribution is 6.05. The molecule has 1 aromatic heterocycles. The van der Waals surface area contributed by atoms with E-state index in [-0.39, 0.29) is 16.8 Å². The number of aromatic nitrogens is 1. The minimum Gasteiger partial charge on any atom is -0.515 e. The van der Waals surface area contributed by atoms with Gasteiger partial charge in [-0.15, -0.1) is 0 Å². The molecule has 14 heavy (non-hydrogen) atoms. The molecule has 0 aromatic carbocycles. The topological polar surface area (TPSA) is 87.5 Å². The molecule has 2 N–H and O–H groups in total. The van der Waals surface area contributed by atoms with E-state index in [4.69, 9.17) is 10.2 Å². The van der Waals surface area contributed by atoms with Crippen molar-refractivity contribution in [3.63, 3.8) is 0 Å². The van der Waals surface area contributed by atoms with Crippen LogP contribution in [0.3, 0.4) is 0 Å². The molecule has 5 nitrogen and oxygen atoms in total. The quantitative estimate of drug-likeness (QED) is 0.422. The standard InChI is InChI=1S/C9H7NO4/c11-4-7(5-12)8-2-1-6(3-10-8)9(13)14/h1-5,11H,(H,13,14). The number of aromatic carboxylic acids is 1. The SMILES string of the molecule is O=CC(=CO)c1ccc(C(=O)O)cn1. The van der Waals surface area contributed by atoms with Crippen molar-refractivity contribution in [2.24, 2.45) is 0 Å². The van der Waals surface area contributed by atoms with Gasteiger partial charge in [0.05, 0.1) is 23.1 Å². The number of carboxylic acid groups (broad SMARTS) is 1. The molecule has 0 saturated heterocycles. The van der Waals surface area contributed by atoms with E-state index >= 15 is 0 Å². The number of nitrogens with zero attached hydrogens (tertiary/aromatic N) is 1. The van der Waals surface area contributed by atoms with Crippen molar-refractivity contribution in [3.05, 3.63) is 35.8 Å². The Kier molecular flexibility index (Phi) is 2.96. The summed E-state index contributed by atoms with van der Waals surface area (Å²) in [5.41, 5.74) is 0.256. The molecule has 0 radical (unpaired) electrons. The third-order valence-electron chi connectivity index (χ3n) is 1.57. The molecule has 0 unspecified atom stereocenters. The van der Waals surface area contributed by atoms with E-state index in [1.165, 1.54) is 12.1 Å². The first kappa shape index (κ1) is 9.91. The molecule has 0 fully saturated rings. The molecule has 0 spiro atoms. The maximum Gasteiger partial charge on any atom is 0.337 e. The summed E-state index contributed by atoms with van der Waals surface area (Å²) in [5.74, 6) is -1.09. The summed E-state index contributed by atoms with van der Waals surface area (Å²) in [4.78, 5) is 24.5. The van der Waals surface area contributed by atoms with Gasteiger partial charge in [0, 0.05) is 6.20 Å². The molecule has 0 amide bonds. The zero-order chi connectivity index (χ0) is 10.6. The monoisotopic (exact) mass is 193 g/mol. The number of hydrogen-bond donors (Lipinski definition) is 2. The van der Waals surface area contributed by atoms with Crippen molar-refractivity contribution in [3.8, 4) is 0 Å². The number of carbonyl (C=O) groups excluding carboxylic acids is 1. The first-order chi connectivity index (χ1) is 6.69. The van der Waals surface area contributed by atoms with Crippen molar-refractivity contribution < 1.29 is 19.8 Å². The van der Waals surface area contributed by atoms with Gasteiger partial charge in [-0.25, -0.2) is 4.79 Å². The van der Waals surface area contributed by atoms with E-state index in [9.17, 15) is 9.59 Å². The fourth-order valence-corrected chi connectivity index (χ4v) is 0.848. The van der Waals surface area contributed by atoms with Gasteiger partial charge in [-0.05, 0) is 12.1 Å². The first-order valence-corrected chi connectivity index (χ1v) is 3.68. The van der Waals surface area contributed by atoms with E-state index < -0.39 is 5.97 Å². The van der Waals surface area contributed by atoms with Crippen LogP contribution in [0.5, 0.6) is 0 Å². The lowest BCUT2D eigenvalue weighted by Gasteiger charge is -1.97. The predicted molar refractivity (Wildman–Crippen MR) is 47.9 cm³/mol. The van der Waals surface area contributed by atoms with Crippen LogP contribution in [-0.2, 0) is 4.79 Å². The molecule has 5 heteroatoms. The van der Waals surface area contributed by atoms with Crippen LogP contribution in [0, 0.1) is 0 Å². The van der Waals surface area contributed by atoms with Gasteiger partial charge in [0.15, 0.2) is 6.29 Å². The van der Waals surface area contributed by atoms with E-state index in [2.05, 4.69) is 4.98 Å². The van der Waals surface area contributed by atoms with Gasteiger partial charge in [0.25, 0.3) is 0 Å². The van der Waals surface area contributed by atoms with Gasteiger partial charge in [0.1, 0.15) is 0 Å². The van der Waals surface area contributed by atoms with Crippen LogP contribution in [0.25, 0.3) is 5.57 Å². The van der Waals surface area contributed by atoms with Gasteiger partial charge in [-0.2, -0.15) is 0 Å². The van der Waals surface area contributed by atoms with Crippen LogP contribution in [0.4, 0.5) is 0 Å². The van der Waals surface area contributed by atoms with E-state index in [1.807, 2.05) is 0 Å². The lowest BCUT2D eigenvalue weighted by molar-refractivity contribution is -0.103. The fourth-order valence-electron chi connectivity index (χ4n) is 0.848. The number of allylic oxidation sites excluding steroid dienone is 1. The minimum absolute atomic E-state index is 0.00180. The molecule has 1 aromatic rings. The summed E-state index contributed by atoms with van der Waals surface area (Å²) in [6.45, 7) is 0. The summed E-state index contributed by atoms with van der Waals surface area (Å²) < 4.78 is 0. The summed E-state index contributed by atoms with van der Waals surface area (Å²) in [7, 11) is 0. The highest BCUT2D eigenvalue weighted by atomic mass is 16.4. The summed E-state index contributed by atoms with van der Waals surface area (Å²) in [5, 5.41) is 17.2. The third kappa shape index (κ3) is 1.95.